The molecule has 0 aromatic carbocycles. The predicted octanol–water partition coefficient (Wildman–Crippen LogP) is 2.42. The molecule has 0 atom stereocenters. The van der Waals surface area contributed by atoms with Crippen molar-refractivity contribution in [1.82, 2.24) is 4.98 Å². The second-order valence-corrected chi connectivity index (χ2v) is 2.79. The third-order valence-corrected chi connectivity index (χ3v) is 2.16. The first-order valence-electron chi connectivity index (χ1n) is 2.37. The first kappa shape index (κ1) is 9.17. The van der Waals surface area contributed by atoms with Gasteiger partial charge in [-0.1, -0.05) is 0 Å². The molecule has 1 nitrogen and oxygen atoms in total. The van der Waals surface area contributed by atoms with E-state index in [1.807, 2.05) is 12.3 Å². The van der Waals surface area contributed by atoms with Crippen LogP contribution in [-0.4, -0.2) is 4.98 Å². The summed E-state index contributed by atoms with van der Waals surface area (Å²) < 4.78 is 1.28. The maximum Gasteiger partial charge on any atom is 0.0307 e. The molecule has 0 radical (unpaired) electrons. The van der Waals surface area contributed by atoms with E-state index in [-0.39, 0.29) is 12.4 Å². The standard InChI is InChI=1S/C6H6IN.ClH/c1-5-4-8-3-2-6(5)7;/h2-4H,1H3;1H. The highest BCUT2D eigenvalue weighted by Gasteiger charge is 1.87. The molecular weight excluding hydrogens is 248 g/mol. The molecule has 1 heterocycles. The molecule has 0 spiro atoms. The molecule has 0 N–H and O–H groups in total. The van der Waals surface area contributed by atoms with Crippen molar-refractivity contribution >= 4 is 35.0 Å². The zero-order valence-electron chi connectivity index (χ0n) is 4.97. The fraction of sp³-hybridized carbons (Fsp3) is 0.167. The highest BCUT2D eigenvalue weighted by atomic mass is 127. The van der Waals surface area contributed by atoms with Crippen molar-refractivity contribution in [2.24, 2.45) is 0 Å². The van der Waals surface area contributed by atoms with Crippen molar-refractivity contribution in [3.63, 3.8) is 0 Å². The average Bonchev–Trinajstić information content (AvgIpc) is 1.77. The Kier molecular flexibility index (Phi) is 4.14. The highest BCUT2D eigenvalue weighted by molar-refractivity contribution is 14.1. The highest BCUT2D eigenvalue weighted by Crippen LogP contribution is 2.06. The number of aromatic nitrogens is 1. The second-order valence-electron chi connectivity index (χ2n) is 1.62. The van der Waals surface area contributed by atoms with Gasteiger partial charge in [-0.15, -0.1) is 12.4 Å². The second kappa shape index (κ2) is 4.06. The molecule has 0 fully saturated rings. The van der Waals surface area contributed by atoms with E-state index in [0.29, 0.717) is 0 Å². The number of halogens is 2. The topological polar surface area (TPSA) is 12.9 Å². The van der Waals surface area contributed by atoms with Crippen molar-refractivity contribution < 1.29 is 0 Å². The van der Waals surface area contributed by atoms with Crippen LogP contribution in [0.2, 0.25) is 0 Å². The summed E-state index contributed by atoms with van der Waals surface area (Å²) in [5.41, 5.74) is 1.24. The Morgan fingerprint density at radius 3 is 2.56 bits per heavy atom. The molecule has 0 saturated carbocycles. The molecule has 0 amide bonds. The maximum atomic E-state index is 3.94. The summed E-state index contributed by atoms with van der Waals surface area (Å²) in [6.45, 7) is 2.05. The van der Waals surface area contributed by atoms with Gasteiger partial charge in [-0.3, -0.25) is 4.98 Å². The van der Waals surface area contributed by atoms with Crippen LogP contribution in [0.1, 0.15) is 5.56 Å². The number of hydrogen-bond donors (Lipinski definition) is 0. The van der Waals surface area contributed by atoms with Gasteiger partial charge < -0.3 is 0 Å². The summed E-state index contributed by atoms with van der Waals surface area (Å²) in [5, 5.41) is 0. The fourth-order valence-electron chi connectivity index (χ4n) is 0.456. The van der Waals surface area contributed by atoms with Crippen molar-refractivity contribution in [2.75, 3.05) is 0 Å². The molecule has 3 heteroatoms. The number of pyridine rings is 1. The van der Waals surface area contributed by atoms with Gasteiger partial charge in [-0.2, -0.15) is 0 Å². The number of hydrogen-bond acceptors (Lipinski definition) is 1. The van der Waals surface area contributed by atoms with E-state index >= 15 is 0 Å². The summed E-state index contributed by atoms with van der Waals surface area (Å²) in [6.07, 6.45) is 3.66. The van der Waals surface area contributed by atoms with Crippen molar-refractivity contribution in [2.45, 2.75) is 6.92 Å². The van der Waals surface area contributed by atoms with Crippen LogP contribution in [0, 0.1) is 10.5 Å². The lowest BCUT2D eigenvalue weighted by molar-refractivity contribution is 1.25. The first-order valence-corrected chi connectivity index (χ1v) is 3.44. The van der Waals surface area contributed by atoms with Gasteiger partial charge in [-0.25, -0.2) is 0 Å². The van der Waals surface area contributed by atoms with Gasteiger partial charge in [0.15, 0.2) is 0 Å². The van der Waals surface area contributed by atoms with Crippen molar-refractivity contribution in [3.05, 3.63) is 27.6 Å². The van der Waals surface area contributed by atoms with E-state index in [1.165, 1.54) is 9.13 Å². The third kappa shape index (κ3) is 2.49. The molecule has 1 aromatic rings. The Morgan fingerprint density at radius 2 is 2.22 bits per heavy atom. The first-order chi connectivity index (χ1) is 3.80. The number of aryl methyl sites for hydroxylation is 1. The number of nitrogens with zero attached hydrogens (tertiary/aromatic N) is 1. The van der Waals surface area contributed by atoms with Crippen molar-refractivity contribution in [1.29, 1.82) is 0 Å². The van der Waals surface area contributed by atoms with Crippen LogP contribution in [0.4, 0.5) is 0 Å². The summed E-state index contributed by atoms with van der Waals surface area (Å²) in [6, 6.07) is 2.00. The quantitative estimate of drug-likeness (QED) is 0.649. The lowest BCUT2D eigenvalue weighted by Crippen LogP contribution is -1.78. The third-order valence-electron chi connectivity index (χ3n) is 0.952. The monoisotopic (exact) mass is 255 g/mol. The summed E-state index contributed by atoms with van der Waals surface area (Å²) in [4.78, 5) is 3.94. The van der Waals surface area contributed by atoms with Gasteiger partial charge >= 0.3 is 0 Å². The van der Waals surface area contributed by atoms with Crippen molar-refractivity contribution in [3.8, 4) is 0 Å². The largest absolute Gasteiger partial charge is 0.264 e. The van der Waals surface area contributed by atoms with E-state index in [1.54, 1.807) is 6.20 Å². The SMILES string of the molecule is Cc1cnccc1I.Cl. The van der Waals surface area contributed by atoms with E-state index in [0.717, 1.165) is 0 Å². The molecule has 1 aromatic heterocycles. The van der Waals surface area contributed by atoms with Crippen LogP contribution < -0.4 is 0 Å². The van der Waals surface area contributed by atoms with Gasteiger partial charge in [0, 0.05) is 16.0 Å². The van der Waals surface area contributed by atoms with Crippen LogP contribution in [0.25, 0.3) is 0 Å². The minimum absolute atomic E-state index is 0. The van der Waals surface area contributed by atoms with Crippen LogP contribution in [0.5, 0.6) is 0 Å². The van der Waals surface area contributed by atoms with Gasteiger partial charge in [0.05, 0.1) is 0 Å². The van der Waals surface area contributed by atoms with Gasteiger partial charge in [0.2, 0.25) is 0 Å². The van der Waals surface area contributed by atoms with E-state index < -0.39 is 0 Å². The molecule has 1 rings (SSSR count). The Bertz CT molecular complexity index is 169. The normalized spacial score (nSPS) is 8.22. The van der Waals surface area contributed by atoms with Gasteiger partial charge in [0.1, 0.15) is 0 Å². The molecule has 0 bridgehead atoms. The Hall–Kier alpha value is 0.170. The summed E-state index contributed by atoms with van der Waals surface area (Å²) in [5.74, 6) is 0. The smallest absolute Gasteiger partial charge is 0.0307 e. The lowest BCUT2D eigenvalue weighted by Gasteiger charge is -1.90. The van der Waals surface area contributed by atoms with Crippen LogP contribution in [-0.2, 0) is 0 Å². The van der Waals surface area contributed by atoms with Crippen LogP contribution >= 0.6 is 35.0 Å². The molecule has 50 valence electrons. The zero-order valence-corrected chi connectivity index (χ0v) is 7.94. The molecule has 9 heavy (non-hydrogen) atoms. The van der Waals surface area contributed by atoms with Crippen LogP contribution in [0.3, 0.4) is 0 Å². The Balaban J connectivity index is 0.000000640. The molecule has 0 aliphatic carbocycles. The maximum absolute atomic E-state index is 3.94. The van der Waals surface area contributed by atoms with Gasteiger partial charge in [0.25, 0.3) is 0 Å². The van der Waals surface area contributed by atoms with E-state index in [9.17, 15) is 0 Å². The molecule has 0 saturated heterocycles. The van der Waals surface area contributed by atoms with Gasteiger partial charge in [-0.05, 0) is 41.1 Å². The average molecular weight is 255 g/mol. The van der Waals surface area contributed by atoms with E-state index in [2.05, 4.69) is 34.5 Å². The van der Waals surface area contributed by atoms with E-state index in [4.69, 9.17) is 0 Å². The van der Waals surface area contributed by atoms with Crippen LogP contribution in [0.15, 0.2) is 18.5 Å². The summed E-state index contributed by atoms with van der Waals surface area (Å²) >= 11 is 2.28. The zero-order chi connectivity index (χ0) is 5.98. The molecular formula is C6H7ClIN. The molecule has 0 aliphatic rings. The molecule has 0 aliphatic heterocycles. The fourth-order valence-corrected chi connectivity index (χ4v) is 0.756. The Labute approximate surface area is 74.4 Å². The Morgan fingerprint density at radius 1 is 1.56 bits per heavy atom. The minimum atomic E-state index is 0. The summed E-state index contributed by atoms with van der Waals surface area (Å²) in [7, 11) is 0. The number of rotatable bonds is 0. The predicted molar refractivity (Wildman–Crippen MR) is 48.9 cm³/mol. The minimum Gasteiger partial charge on any atom is -0.264 e. The lowest BCUT2D eigenvalue weighted by atomic mass is 10.3. The molecule has 0 unspecified atom stereocenters.